The molecule has 9 heteroatoms. The van der Waals surface area contributed by atoms with Crippen LogP contribution >= 0.6 is 7.60 Å². The third-order valence-corrected chi connectivity index (χ3v) is 8.05. The minimum absolute atomic E-state index is 0.0471. The first-order chi connectivity index (χ1) is 19.3. The van der Waals surface area contributed by atoms with E-state index in [1.807, 2.05) is 60.7 Å². The Morgan fingerprint density at radius 1 is 0.900 bits per heavy atom. The molecule has 0 bridgehead atoms. The van der Waals surface area contributed by atoms with E-state index >= 15 is 0 Å². The highest BCUT2D eigenvalue weighted by Gasteiger charge is 2.40. The number of benzene rings is 4. The van der Waals surface area contributed by atoms with Crippen molar-refractivity contribution < 1.29 is 28.3 Å². The number of hydrogen-bond donors (Lipinski definition) is 2. The Morgan fingerprint density at radius 2 is 1.52 bits per heavy atom. The van der Waals surface area contributed by atoms with Crippen LogP contribution in [0, 0.1) is 5.82 Å². The molecule has 0 radical (unpaired) electrons. The van der Waals surface area contributed by atoms with Gasteiger partial charge in [0.2, 0.25) is 0 Å². The number of fused-ring (bicyclic) bond motifs is 2. The number of nitrogens with zero attached hydrogens (tertiary/aromatic N) is 2. The van der Waals surface area contributed by atoms with Crippen molar-refractivity contribution in [1.29, 1.82) is 0 Å². The summed E-state index contributed by atoms with van der Waals surface area (Å²) in [6.07, 6.45) is 0.873. The minimum atomic E-state index is -4.84. The van der Waals surface area contributed by atoms with Gasteiger partial charge in [-0.1, -0.05) is 78.9 Å². The molecule has 0 unspecified atom stereocenters. The molecule has 1 amide bonds. The molecule has 1 aliphatic heterocycles. The Hall–Kier alpha value is -4.36. The summed E-state index contributed by atoms with van der Waals surface area (Å²) in [5, 5.41) is -0.00947. The number of aromatic nitrogens is 1. The molecule has 2 heterocycles. The number of hydrogen-bond acceptors (Lipinski definition) is 4. The van der Waals surface area contributed by atoms with Crippen molar-refractivity contribution in [2.75, 3.05) is 0 Å². The van der Waals surface area contributed by atoms with Crippen molar-refractivity contribution in [3.63, 3.8) is 0 Å². The van der Waals surface area contributed by atoms with E-state index in [0.29, 0.717) is 5.56 Å². The summed E-state index contributed by atoms with van der Waals surface area (Å²) in [7, 11) is -4.84. The van der Waals surface area contributed by atoms with Gasteiger partial charge in [0.05, 0.1) is 10.9 Å². The van der Waals surface area contributed by atoms with Crippen LogP contribution in [-0.4, -0.2) is 25.6 Å². The molecule has 0 atom stereocenters. The van der Waals surface area contributed by atoms with Crippen LogP contribution in [0.3, 0.4) is 0 Å². The first-order valence-electron chi connectivity index (χ1n) is 12.6. The van der Waals surface area contributed by atoms with Crippen LogP contribution in [0.2, 0.25) is 0 Å². The molecule has 0 saturated carbocycles. The average Bonchev–Trinajstić information content (AvgIpc) is 3.27. The van der Waals surface area contributed by atoms with E-state index in [-0.39, 0.29) is 46.2 Å². The van der Waals surface area contributed by atoms with E-state index in [2.05, 4.69) is 4.98 Å². The molecule has 40 heavy (non-hydrogen) atoms. The molecule has 200 valence electrons. The van der Waals surface area contributed by atoms with Crippen molar-refractivity contribution >= 4 is 29.7 Å². The van der Waals surface area contributed by atoms with Gasteiger partial charge in [-0.3, -0.25) is 14.3 Å². The highest BCUT2D eigenvalue weighted by molar-refractivity contribution is 7.61. The number of pyridine rings is 1. The molecule has 6 rings (SSSR count). The maximum atomic E-state index is 14.0. The second-order valence-corrected chi connectivity index (χ2v) is 11.1. The van der Waals surface area contributed by atoms with E-state index < -0.39 is 25.4 Å². The fourth-order valence-electron chi connectivity index (χ4n) is 5.20. The van der Waals surface area contributed by atoms with E-state index in [1.165, 1.54) is 23.2 Å². The van der Waals surface area contributed by atoms with Crippen LogP contribution in [0.15, 0.2) is 103 Å². The number of halogens is 1. The Labute approximate surface area is 229 Å². The van der Waals surface area contributed by atoms with Gasteiger partial charge in [-0.15, -0.1) is 0 Å². The molecular weight excluding hydrogens is 530 g/mol. The van der Waals surface area contributed by atoms with Gasteiger partial charge in [0.1, 0.15) is 17.4 Å². The molecule has 4 aromatic carbocycles. The van der Waals surface area contributed by atoms with Crippen LogP contribution < -0.4 is 10.0 Å². The second-order valence-electron chi connectivity index (χ2n) is 9.58. The van der Waals surface area contributed by atoms with Crippen molar-refractivity contribution in [3.05, 3.63) is 137 Å². The zero-order valence-electron chi connectivity index (χ0n) is 21.1. The summed E-state index contributed by atoms with van der Waals surface area (Å²) in [5.74, 6) is -0.687. The number of carbonyl (C=O) groups excluding carboxylic acids is 1. The average molecular weight is 555 g/mol. The summed E-state index contributed by atoms with van der Waals surface area (Å²) in [5.41, 5.74) is 2.81. The highest BCUT2D eigenvalue weighted by Crippen LogP contribution is 2.46. The van der Waals surface area contributed by atoms with Crippen LogP contribution in [0.4, 0.5) is 4.39 Å². The lowest BCUT2D eigenvalue weighted by Gasteiger charge is -2.23. The maximum absolute atomic E-state index is 14.0. The highest BCUT2D eigenvalue weighted by atomic mass is 31.2. The van der Waals surface area contributed by atoms with Crippen molar-refractivity contribution in [3.8, 4) is 5.75 Å². The summed E-state index contributed by atoms with van der Waals surface area (Å²) >= 11 is 0. The molecule has 0 aliphatic carbocycles. The third-order valence-electron chi connectivity index (χ3n) is 6.96. The van der Waals surface area contributed by atoms with E-state index in [0.717, 1.165) is 11.1 Å². The lowest BCUT2D eigenvalue weighted by molar-refractivity contribution is 0.0762. The summed E-state index contributed by atoms with van der Waals surface area (Å²) < 4.78 is 33.0. The number of ether oxygens (including phenoxy) is 1. The summed E-state index contributed by atoms with van der Waals surface area (Å²) in [6, 6.07) is 28.0. The van der Waals surface area contributed by atoms with E-state index in [9.17, 15) is 23.5 Å². The molecule has 1 aromatic heterocycles. The van der Waals surface area contributed by atoms with Crippen LogP contribution in [0.5, 0.6) is 5.75 Å². The minimum Gasteiger partial charge on any atom is -0.478 e. The summed E-state index contributed by atoms with van der Waals surface area (Å²) in [4.78, 5) is 40.8. The molecular formula is C31H24FN2O5P. The first-order valence-corrected chi connectivity index (χ1v) is 14.2. The smallest absolute Gasteiger partial charge is 0.357 e. The fourth-order valence-corrected chi connectivity index (χ4v) is 6.23. The predicted octanol–water partition coefficient (Wildman–Crippen LogP) is 5.50. The standard InChI is InChI=1S/C31H24FN2O5P/c32-23-15-13-20(14-16-23)18-34-19-25-26(31(34)35)29(27-24(12-7-17-33-27)30(25)40(36,37)38)39-28(21-8-3-1-4-9-21)22-10-5-2-6-11-22/h1-17,28H,18-19H2,(H2,36,37,38). The van der Waals surface area contributed by atoms with E-state index in [4.69, 9.17) is 4.74 Å². The van der Waals surface area contributed by atoms with Crippen LogP contribution in [0.25, 0.3) is 10.9 Å². The van der Waals surface area contributed by atoms with Crippen molar-refractivity contribution in [1.82, 2.24) is 9.88 Å². The van der Waals surface area contributed by atoms with E-state index in [1.54, 1.807) is 24.3 Å². The molecule has 7 nitrogen and oxygen atoms in total. The Morgan fingerprint density at radius 3 is 2.12 bits per heavy atom. The van der Waals surface area contributed by atoms with Gasteiger partial charge in [-0.25, -0.2) is 4.39 Å². The first kappa shape index (κ1) is 25.9. The van der Waals surface area contributed by atoms with Gasteiger partial charge in [0.15, 0.2) is 5.75 Å². The molecule has 1 aliphatic rings. The number of rotatable bonds is 7. The Bertz CT molecular complexity index is 1720. The van der Waals surface area contributed by atoms with Crippen LogP contribution in [0.1, 0.15) is 38.7 Å². The Kier molecular flexibility index (Phi) is 6.68. The topological polar surface area (TPSA) is 100.0 Å². The normalized spacial score (nSPS) is 13.2. The Balaban J connectivity index is 1.55. The van der Waals surface area contributed by atoms with Crippen molar-refractivity contribution in [2.45, 2.75) is 19.2 Å². The zero-order valence-corrected chi connectivity index (χ0v) is 22.0. The second kappa shape index (κ2) is 10.3. The largest absolute Gasteiger partial charge is 0.478 e. The molecule has 5 aromatic rings. The molecule has 0 fully saturated rings. The van der Waals surface area contributed by atoms with Gasteiger partial charge in [-0.2, -0.15) is 0 Å². The van der Waals surface area contributed by atoms with Gasteiger partial charge in [-0.05, 0) is 34.9 Å². The van der Waals surface area contributed by atoms with Gasteiger partial charge >= 0.3 is 7.60 Å². The third kappa shape index (κ3) is 4.77. The lowest BCUT2D eigenvalue weighted by atomic mass is 10.00. The quantitative estimate of drug-likeness (QED) is 0.258. The lowest BCUT2D eigenvalue weighted by Crippen LogP contribution is -2.23. The van der Waals surface area contributed by atoms with Crippen molar-refractivity contribution in [2.24, 2.45) is 0 Å². The monoisotopic (exact) mass is 554 g/mol. The van der Waals surface area contributed by atoms with Gasteiger partial charge < -0.3 is 19.4 Å². The molecule has 0 saturated heterocycles. The molecule has 0 spiro atoms. The predicted molar refractivity (Wildman–Crippen MR) is 149 cm³/mol. The zero-order chi connectivity index (χ0) is 27.9. The maximum Gasteiger partial charge on any atom is 0.357 e. The fraction of sp³-hybridized carbons (Fsp3) is 0.0968. The van der Waals surface area contributed by atoms with Gasteiger partial charge in [0, 0.05) is 30.2 Å². The number of amides is 1. The number of carbonyl (C=O) groups is 1. The SMILES string of the molecule is O=C1c2c(c(P(=O)(O)O)c3cccnc3c2OC(c2ccccc2)c2ccccc2)CN1Cc1ccc(F)cc1. The summed E-state index contributed by atoms with van der Waals surface area (Å²) in [6.45, 7) is 0.0763. The molecule has 2 N–H and O–H groups in total. The van der Waals surface area contributed by atoms with Crippen LogP contribution in [-0.2, 0) is 17.7 Å². The van der Waals surface area contributed by atoms with Gasteiger partial charge in [0.25, 0.3) is 5.91 Å².